The molecule has 1 aromatic carbocycles. The van der Waals surface area contributed by atoms with Gasteiger partial charge < -0.3 is 0 Å². The highest BCUT2D eigenvalue weighted by atomic mass is 32.2. The summed E-state index contributed by atoms with van der Waals surface area (Å²) in [5, 5.41) is 10.4. The summed E-state index contributed by atoms with van der Waals surface area (Å²) in [5.41, 5.74) is -0.857. The van der Waals surface area contributed by atoms with Crippen LogP contribution < -0.4 is 0 Å². The summed E-state index contributed by atoms with van der Waals surface area (Å²) in [6.45, 7) is 6.88. The lowest BCUT2D eigenvalue weighted by atomic mass is 9.91. The van der Waals surface area contributed by atoms with Crippen molar-refractivity contribution in [1.29, 1.82) is 0 Å². The summed E-state index contributed by atoms with van der Waals surface area (Å²) < 4.78 is 25.4. The molecule has 20 heavy (non-hydrogen) atoms. The van der Waals surface area contributed by atoms with Crippen molar-refractivity contribution in [1.82, 2.24) is 0 Å². The van der Waals surface area contributed by atoms with E-state index in [9.17, 15) is 18.5 Å². The molecule has 0 aromatic heterocycles. The largest absolute Gasteiger partial charge is 0.264 e. The first-order valence-corrected chi connectivity index (χ1v) is 7.87. The standard InChI is InChI=1S/C14H17NO4S/c1-10-9-14(3,15(16)17)11(2)13(10)20(18,19)12-7-5-4-6-8-12/h4-8,11,13H,1,9H2,2-3H3/t11-,13+,14-/m1/s1. The molecule has 1 aliphatic rings. The predicted molar refractivity (Wildman–Crippen MR) is 75.7 cm³/mol. The Labute approximate surface area is 118 Å². The Morgan fingerprint density at radius 2 is 1.90 bits per heavy atom. The fourth-order valence-electron chi connectivity index (χ4n) is 2.88. The number of hydrogen-bond acceptors (Lipinski definition) is 4. The highest BCUT2D eigenvalue weighted by molar-refractivity contribution is 7.92. The van der Waals surface area contributed by atoms with Crippen molar-refractivity contribution in [3.63, 3.8) is 0 Å². The molecule has 0 saturated heterocycles. The van der Waals surface area contributed by atoms with E-state index in [1.165, 1.54) is 19.1 Å². The van der Waals surface area contributed by atoms with Crippen molar-refractivity contribution >= 4 is 9.84 Å². The lowest BCUT2D eigenvalue weighted by Gasteiger charge is -2.23. The molecule has 0 radical (unpaired) electrons. The zero-order valence-electron chi connectivity index (χ0n) is 11.4. The van der Waals surface area contributed by atoms with Gasteiger partial charge in [0, 0.05) is 24.2 Å². The van der Waals surface area contributed by atoms with E-state index >= 15 is 0 Å². The van der Waals surface area contributed by atoms with E-state index in [0.717, 1.165) is 0 Å². The molecule has 2 rings (SSSR count). The summed E-state index contributed by atoms with van der Waals surface area (Å²) >= 11 is 0. The van der Waals surface area contributed by atoms with Crippen LogP contribution in [0.5, 0.6) is 0 Å². The smallest absolute Gasteiger partial charge is 0.227 e. The second-order valence-electron chi connectivity index (χ2n) is 5.52. The SMILES string of the molecule is C=C1C[C@@](C)([N+](=O)[O-])[C@H](C)[C@H]1S(=O)(=O)c1ccccc1. The van der Waals surface area contributed by atoms with Crippen LogP contribution in [0.2, 0.25) is 0 Å². The average molecular weight is 295 g/mol. The molecule has 0 spiro atoms. The molecule has 0 unspecified atom stereocenters. The quantitative estimate of drug-likeness (QED) is 0.487. The lowest BCUT2D eigenvalue weighted by molar-refractivity contribution is -0.571. The number of benzene rings is 1. The third kappa shape index (κ3) is 2.04. The van der Waals surface area contributed by atoms with Gasteiger partial charge in [-0.25, -0.2) is 8.42 Å². The zero-order valence-corrected chi connectivity index (χ0v) is 12.3. The first kappa shape index (κ1) is 14.7. The first-order chi connectivity index (χ1) is 9.21. The molecule has 1 saturated carbocycles. The van der Waals surface area contributed by atoms with Crippen molar-refractivity contribution in [3.8, 4) is 0 Å². The maximum absolute atomic E-state index is 12.7. The molecule has 0 amide bonds. The van der Waals surface area contributed by atoms with Crippen molar-refractivity contribution in [2.45, 2.75) is 36.0 Å². The van der Waals surface area contributed by atoms with Crippen LogP contribution in [0.3, 0.4) is 0 Å². The molecule has 108 valence electrons. The van der Waals surface area contributed by atoms with Crippen LogP contribution in [0.4, 0.5) is 0 Å². The number of sulfone groups is 1. The molecule has 0 N–H and O–H groups in total. The molecule has 6 heteroatoms. The summed E-state index contributed by atoms with van der Waals surface area (Å²) in [7, 11) is -3.65. The van der Waals surface area contributed by atoms with Gasteiger partial charge in [0.1, 0.15) is 0 Å². The van der Waals surface area contributed by atoms with Gasteiger partial charge in [-0.3, -0.25) is 10.1 Å². The second kappa shape index (κ2) is 4.70. The Hall–Kier alpha value is -1.69. The van der Waals surface area contributed by atoms with Crippen LogP contribution in [0.25, 0.3) is 0 Å². The van der Waals surface area contributed by atoms with Gasteiger partial charge in [-0.2, -0.15) is 0 Å². The first-order valence-electron chi connectivity index (χ1n) is 6.32. The molecule has 1 aliphatic carbocycles. The van der Waals surface area contributed by atoms with Gasteiger partial charge in [0.15, 0.2) is 9.84 Å². The molecule has 1 aromatic rings. The monoisotopic (exact) mass is 295 g/mol. The van der Waals surface area contributed by atoms with Gasteiger partial charge in [0.25, 0.3) is 0 Å². The average Bonchev–Trinajstić information content (AvgIpc) is 2.62. The molecule has 5 nitrogen and oxygen atoms in total. The fourth-order valence-corrected chi connectivity index (χ4v) is 5.06. The van der Waals surface area contributed by atoms with Gasteiger partial charge in [-0.15, -0.1) is 0 Å². The maximum Gasteiger partial charge on any atom is 0.227 e. The number of nitrogens with zero attached hydrogens (tertiary/aromatic N) is 1. The second-order valence-corrected chi connectivity index (χ2v) is 7.59. The van der Waals surface area contributed by atoms with E-state index in [-0.39, 0.29) is 16.2 Å². The van der Waals surface area contributed by atoms with Crippen molar-refractivity contribution in [2.75, 3.05) is 0 Å². The fraction of sp³-hybridized carbons (Fsp3) is 0.429. The minimum absolute atomic E-state index is 0.0951. The van der Waals surface area contributed by atoms with Crippen LogP contribution in [0.1, 0.15) is 20.3 Å². The zero-order chi connectivity index (χ0) is 15.1. The van der Waals surface area contributed by atoms with Gasteiger partial charge in [0.2, 0.25) is 5.54 Å². The Morgan fingerprint density at radius 1 is 1.35 bits per heavy atom. The highest BCUT2D eigenvalue weighted by Crippen LogP contribution is 2.45. The Balaban J connectivity index is 2.49. The van der Waals surface area contributed by atoms with E-state index in [1.807, 2.05) is 0 Å². The molecule has 0 aliphatic heterocycles. The molecule has 0 bridgehead atoms. The summed E-state index contributed by atoms with van der Waals surface area (Å²) in [4.78, 5) is 11.1. The molecule has 0 heterocycles. The molecular weight excluding hydrogens is 278 g/mol. The molecular formula is C14H17NO4S. The van der Waals surface area contributed by atoms with Crippen molar-refractivity contribution in [3.05, 3.63) is 52.6 Å². The Bertz CT molecular complexity index is 653. The third-order valence-electron chi connectivity index (χ3n) is 4.25. The highest BCUT2D eigenvalue weighted by Gasteiger charge is 2.58. The van der Waals surface area contributed by atoms with E-state index in [4.69, 9.17) is 0 Å². The summed E-state index contributed by atoms with van der Waals surface area (Å²) in [6.07, 6.45) is 0.0951. The van der Waals surface area contributed by atoms with Crippen molar-refractivity contribution in [2.24, 2.45) is 5.92 Å². The predicted octanol–water partition coefficient (Wildman–Crippen LogP) is 2.46. The normalized spacial score (nSPS) is 30.4. The van der Waals surface area contributed by atoms with Crippen LogP contribution in [-0.2, 0) is 9.84 Å². The lowest BCUT2D eigenvalue weighted by Crippen LogP contribution is -2.41. The van der Waals surface area contributed by atoms with Crippen LogP contribution >= 0.6 is 0 Å². The number of nitro groups is 1. The third-order valence-corrected chi connectivity index (χ3v) is 6.58. The Kier molecular flexibility index (Phi) is 3.46. The number of hydrogen-bond donors (Lipinski definition) is 0. The minimum Gasteiger partial charge on any atom is -0.264 e. The Morgan fingerprint density at radius 3 is 2.35 bits per heavy atom. The minimum atomic E-state index is -3.65. The topological polar surface area (TPSA) is 77.3 Å². The van der Waals surface area contributed by atoms with Gasteiger partial charge in [-0.1, -0.05) is 37.3 Å². The van der Waals surface area contributed by atoms with Gasteiger partial charge in [-0.05, 0) is 12.1 Å². The van der Waals surface area contributed by atoms with E-state index in [1.54, 1.807) is 25.1 Å². The molecule has 1 fully saturated rings. The summed E-state index contributed by atoms with van der Waals surface area (Å²) in [5.74, 6) is -0.616. The van der Waals surface area contributed by atoms with Gasteiger partial charge >= 0.3 is 0 Å². The number of rotatable bonds is 3. The van der Waals surface area contributed by atoms with E-state index < -0.39 is 26.5 Å². The van der Waals surface area contributed by atoms with Crippen LogP contribution in [0, 0.1) is 16.0 Å². The van der Waals surface area contributed by atoms with E-state index in [2.05, 4.69) is 6.58 Å². The van der Waals surface area contributed by atoms with Crippen LogP contribution in [-0.4, -0.2) is 24.1 Å². The van der Waals surface area contributed by atoms with E-state index in [0.29, 0.717) is 5.57 Å². The van der Waals surface area contributed by atoms with Crippen LogP contribution in [0.15, 0.2) is 47.4 Å². The van der Waals surface area contributed by atoms with Crippen molar-refractivity contribution < 1.29 is 13.3 Å². The summed E-state index contributed by atoms with van der Waals surface area (Å²) in [6, 6.07) is 8.03. The van der Waals surface area contributed by atoms with Gasteiger partial charge in [0.05, 0.1) is 10.1 Å². The maximum atomic E-state index is 12.7. The molecule has 3 atom stereocenters.